The van der Waals surface area contributed by atoms with Crippen LogP contribution in [0, 0.1) is 18.8 Å². The Bertz CT molecular complexity index is 586. The number of aliphatic carboxylic acids is 1. The third-order valence-corrected chi connectivity index (χ3v) is 5.01. The number of aryl methyl sites for hydroxylation is 1. The fourth-order valence-corrected chi connectivity index (χ4v) is 3.84. The first-order valence-electron chi connectivity index (χ1n) is 8.41. The lowest BCUT2D eigenvalue weighted by atomic mass is 9.78. The molecule has 0 unspecified atom stereocenters. The highest BCUT2D eigenvalue weighted by Gasteiger charge is 2.41. The van der Waals surface area contributed by atoms with Crippen LogP contribution in [-0.4, -0.2) is 38.6 Å². The van der Waals surface area contributed by atoms with Crippen LogP contribution in [0.5, 0.6) is 0 Å². The normalized spacial score (nSPS) is 28.6. The summed E-state index contributed by atoms with van der Waals surface area (Å²) >= 11 is 0. The lowest BCUT2D eigenvalue weighted by molar-refractivity contribution is -0.154. The van der Waals surface area contributed by atoms with Crippen molar-refractivity contribution in [2.45, 2.75) is 57.9 Å². The lowest BCUT2D eigenvalue weighted by Gasteiger charge is -2.38. The molecular weight excluding hydrogens is 298 g/mol. The molecule has 126 valence electrons. The van der Waals surface area contributed by atoms with Crippen LogP contribution in [0.3, 0.4) is 0 Å². The number of nitrogens with zero attached hydrogens (tertiary/aromatic N) is 3. The Labute approximate surface area is 135 Å². The second-order valence-corrected chi connectivity index (χ2v) is 6.56. The Balaban J connectivity index is 1.81. The minimum Gasteiger partial charge on any atom is -0.481 e. The summed E-state index contributed by atoms with van der Waals surface area (Å²) in [4.78, 5) is 30.6. The van der Waals surface area contributed by atoms with Gasteiger partial charge in [-0.3, -0.25) is 9.59 Å². The van der Waals surface area contributed by atoms with Gasteiger partial charge < -0.3 is 14.5 Å². The van der Waals surface area contributed by atoms with E-state index in [1.54, 1.807) is 11.8 Å². The van der Waals surface area contributed by atoms with Crippen molar-refractivity contribution < 1.29 is 19.2 Å². The first-order chi connectivity index (χ1) is 11.1. The minimum atomic E-state index is -0.856. The number of hydrogen-bond donors (Lipinski definition) is 1. The van der Waals surface area contributed by atoms with E-state index in [0.29, 0.717) is 31.1 Å². The van der Waals surface area contributed by atoms with Crippen LogP contribution in [0.2, 0.25) is 0 Å². The number of aromatic nitrogens is 2. The number of piperidine rings is 1. The quantitative estimate of drug-likeness (QED) is 0.917. The molecule has 1 N–H and O–H groups in total. The number of carboxylic acid groups (broad SMARTS) is 1. The highest BCUT2D eigenvalue weighted by molar-refractivity contribution is 5.85. The van der Waals surface area contributed by atoms with Crippen molar-refractivity contribution >= 4 is 11.9 Å². The molecule has 1 aromatic heterocycles. The second-order valence-electron chi connectivity index (χ2n) is 6.56. The Morgan fingerprint density at radius 3 is 2.48 bits per heavy atom. The van der Waals surface area contributed by atoms with Crippen LogP contribution in [0.15, 0.2) is 4.52 Å². The SMILES string of the molecule is Cc1noc([C@@H]2CCCCN2C(=O)[C@@H]2CCCC[C@@H]2C(=O)O)n1. The molecule has 2 fully saturated rings. The van der Waals surface area contributed by atoms with E-state index >= 15 is 0 Å². The zero-order valence-corrected chi connectivity index (χ0v) is 13.4. The second kappa shape index (κ2) is 6.68. The van der Waals surface area contributed by atoms with E-state index in [9.17, 15) is 14.7 Å². The van der Waals surface area contributed by atoms with Crippen LogP contribution in [-0.2, 0) is 9.59 Å². The van der Waals surface area contributed by atoms with Crippen molar-refractivity contribution in [2.24, 2.45) is 11.8 Å². The molecule has 1 aromatic rings. The third-order valence-electron chi connectivity index (χ3n) is 5.01. The van der Waals surface area contributed by atoms with Crippen molar-refractivity contribution in [1.82, 2.24) is 15.0 Å². The topological polar surface area (TPSA) is 96.5 Å². The predicted molar refractivity (Wildman–Crippen MR) is 80.4 cm³/mol. The Morgan fingerprint density at radius 2 is 1.83 bits per heavy atom. The van der Waals surface area contributed by atoms with E-state index in [0.717, 1.165) is 32.1 Å². The molecule has 2 heterocycles. The summed E-state index contributed by atoms with van der Waals surface area (Å²) in [5.41, 5.74) is 0. The zero-order valence-electron chi connectivity index (χ0n) is 13.4. The molecule has 3 atom stereocenters. The molecule has 1 aliphatic heterocycles. The zero-order chi connectivity index (χ0) is 16.4. The van der Waals surface area contributed by atoms with Crippen LogP contribution >= 0.6 is 0 Å². The molecule has 7 heteroatoms. The molecule has 1 aliphatic carbocycles. The van der Waals surface area contributed by atoms with E-state index in [1.165, 1.54) is 0 Å². The van der Waals surface area contributed by atoms with E-state index in [-0.39, 0.29) is 11.9 Å². The number of carbonyl (C=O) groups excluding carboxylic acids is 1. The van der Waals surface area contributed by atoms with Gasteiger partial charge in [0.15, 0.2) is 5.82 Å². The molecule has 7 nitrogen and oxygen atoms in total. The molecule has 23 heavy (non-hydrogen) atoms. The van der Waals surface area contributed by atoms with Gasteiger partial charge in [-0.1, -0.05) is 18.0 Å². The molecule has 2 aliphatic rings. The number of carboxylic acids is 1. The van der Waals surface area contributed by atoms with Gasteiger partial charge in [-0.25, -0.2) is 0 Å². The van der Waals surface area contributed by atoms with Gasteiger partial charge in [0.25, 0.3) is 0 Å². The van der Waals surface area contributed by atoms with E-state index in [4.69, 9.17) is 4.52 Å². The first kappa shape index (κ1) is 16.0. The highest BCUT2D eigenvalue weighted by atomic mass is 16.5. The molecule has 0 bridgehead atoms. The Morgan fingerprint density at radius 1 is 1.13 bits per heavy atom. The van der Waals surface area contributed by atoms with Crippen LogP contribution in [0.25, 0.3) is 0 Å². The largest absolute Gasteiger partial charge is 0.481 e. The van der Waals surface area contributed by atoms with Crippen molar-refractivity contribution in [3.8, 4) is 0 Å². The summed E-state index contributed by atoms with van der Waals surface area (Å²) in [6.45, 7) is 2.39. The smallest absolute Gasteiger partial charge is 0.307 e. The number of likely N-dealkylation sites (tertiary alicyclic amines) is 1. The summed E-state index contributed by atoms with van der Waals surface area (Å²) in [5, 5.41) is 13.3. The molecule has 0 aromatic carbocycles. The number of rotatable bonds is 3. The number of carbonyl (C=O) groups is 2. The van der Waals surface area contributed by atoms with Crippen molar-refractivity contribution in [2.75, 3.05) is 6.54 Å². The third kappa shape index (κ3) is 3.23. The minimum absolute atomic E-state index is 0.0577. The molecule has 1 saturated heterocycles. The van der Waals surface area contributed by atoms with Crippen molar-refractivity contribution in [3.63, 3.8) is 0 Å². The van der Waals surface area contributed by atoms with Crippen LogP contribution < -0.4 is 0 Å². The summed E-state index contributed by atoms with van der Waals surface area (Å²) in [5.74, 6) is -0.880. The summed E-state index contributed by atoms with van der Waals surface area (Å²) < 4.78 is 5.27. The molecular formula is C16H23N3O4. The van der Waals surface area contributed by atoms with Gasteiger partial charge in [0.1, 0.15) is 6.04 Å². The van der Waals surface area contributed by atoms with Gasteiger partial charge in [-0.2, -0.15) is 4.98 Å². The first-order valence-corrected chi connectivity index (χ1v) is 8.41. The van der Waals surface area contributed by atoms with Gasteiger partial charge in [-0.05, 0) is 39.0 Å². The maximum absolute atomic E-state index is 13.0. The van der Waals surface area contributed by atoms with Crippen LogP contribution in [0.1, 0.15) is 62.7 Å². The Hall–Kier alpha value is -1.92. The van der Waals surface area contributed by atoms with E-state index in [1.807, 2.05) is 0 Å². The Kier molecular flexibility index (Phi) is 4.63. The predicted octanol–water partition coefficient (Wildman–Crippen LogP) is 2.32. The average Bonchev–Trinajstić information content (AvgIpc) is 3.00. The van der Waals surface area contributed by atoms with Gasteiger partial charge in [0, 0.05) is 6.54 Å². The van der Waals surface area contributed by atoms with Gasteiger partial charge in [-0.15, -0.1) is 0 Å². The van der Waals surface area contributed by atoms with E-state index < -0.39 is 17.8 Å². The van der Waals surface area contributed by atoms with Gasteiger partial charge in [0.05, 0.1) is 11.8 Å². The molecule has 1 saturated carbocycles. The summed E-state index contributed by atoms with van der Waals surface area (Å²) in [6.07, 6.45) is 5.76. The lowest BCUT2D eigenvalue weighted by Crippen LogP contribution is -2.46. The number of amides is 1. The molecule has 0 spiro atoms. The number of hydrogen-bond acceptors (Lipinski definition) is 5. The van der Waals surface area contributed by atoms with Crippen LogP contribution in [0.4, 0.5) is 0 Å². The summed E-state index contributed by atoms with van der Waals surface area (Å²) in [7, 11) is 0. The summed E-state index contributed by atoms with van der Waals surface area (Å²) in [6, 6.07) is -0.214. The van der Waals surface area contributed by atoms with Crippen molar-refractivity contribution in [1.29, 1.82) is 0 Å². The maximum Gasteiger partial charge on any atom is 0.307 e. The maximum atomic E-state index is 13.0. The fourth-order valence-electron chi connectivity index (χ4n) is 3.84. The monoisotopic (exact) mass is 321 g/mol. The van der Waals surface area contributed by atoms with Gasteiger partial charge >= 0.3 is 5.97 Å². The average molecular weight is 321 g/mol. The molecule has 1 amide bonds. The molecule has 0 radical (unpaired) electrons. The standard InChI is InChI=1S/C16H23N3O4/c1-10-17-14(23-18-10)13-8-4-5-9-19(13)15(20)11-6-2-3-7-12(11)16(21)22/h11-13H,2-9H2,1H3,(H,21,22)/t11-,12+,13+/m1/s1. The van der Waals surface area contributed by atoms with Crippen molar-refractivity contribution in [3.05, 3.63) is 11.7 Å². The molecule has 3 rings (SSSR count). The highest BCUT2D eigenvalue weighted by Crippen LogP contribution is 2.36. The van der Waals surface area contributed by atoms with Gasteiger partial charge in [0.2, 0.25) is 11.8 Å². The van der Waals surface area contributed by atoms with E-state index in [2.05, 4.69) is 10.1 Å². The fraction of sp³-hybridized carbons (Fsp3) is 0.750.